The smallest absolute Gasteiger partial charge is 0.319 e. The van der Waals surface area contributed by atoms with Gasteiger partial charge in [0, 0.05) is 11.8 Å². The zero-order valence-electron chi connectivity index (χ0n) is 14.2. The molecule has 0 aromatic heterocycles. The zero-order valence-corrected chi connectivity index (χ0v) is 16.3. The van der Waals surface area contributed by atoms with Crippen molar-refractivity contribution in [1.82, 2.24) is 0 Å². The Kier molecular flexibility index (Phi) is 4.70. The van der Waals surface area contributed by atoms with Crippen molar-refractivity contribution in [2.24, 2.45) is 23.7 Å². The summed E-state index contributed by atoms with van der Waals surface area (Å²) in [5, 5.41) is 0. The van der Waals surface area contributed by atoms with Crippen molar-refractivity contribution in [2.45, 2.75) is 67.7 Å². The number of hydrogen-bond acceptors (Lipinski definition) is 6. The van der Waals surface area contributed by atoms with Gasteiger partial charge in [0.25, 0.3) is 0 Å². The van der Waals surface area contributed by atoms with E-state index in [0.29, 0.717) is 12.8 Å². The maximum Gasteiger partial charge on any atom is 0.319 e. The summed E-state index contributed by atoms with van der Waals surface area (Å²) in [6.45, 7) is 1.92. The summed E-state index contributed by atoms with van der Waals surface area (Å²) in [6.07, 6.45) is 4.41. The van der Waals surface area contributed by atoms with E-state index in [4.69, 9.17) is 14.2 Å². The summed E-state index contributed by atoms with van der Waals surface area (Å²) in [5.74, 6) is -2.04. The molecule has 4 fully saturated rings. The molecule has 7 unspecified atom stereocenters. The van der Waals surface area contributed by atoms with Gasteiger partial charge in [-0.25, -0.2) is 0 Å². The summed E-state index contributed by atoms with van der Waals surface area (Å²) in [5.41, 5.74) is 0. The summed E-state index contributed by atoms with van der Waals surface area (Å²) < 4.78 is 16.6. The standard InChI is InChI=1S/C18H23IO6/c1-2-11(19)16(20)24-14-9-7-10-13(18(22)25-15(10)14)12(9)17(21)23-8-5-3-4-6-8/h8-15H,2-7H2,1H3. The molecule has 2 bridgehead atoms. The van der Waals surface area contributed by atoms with Crippen molar-refractivity contribution in [3.05, 3.63) is 0 Å². The van der Waals surface area contributed by atoms with Crippen LogP contribution in [0.15, 0.2) is 0 Å². The van der Waals surface area contributed by atoms with Gasteiger partial charge in [0.2, 0.25) is 0 Å². The molecule has 4 rings (SSSR count). The first-order valence-corrected chi connectivity index (χ1v) is 10.5. The largest absolute Gasteiger partial charge is 0.462 e. The predicted octanol–water partition coefficient (Wildman–Crippen LogP) is 2.41. The molecule has 6 nitrogen and oxygen atoms in total. The van der Waals surface area contributed by atoms with E-state index in [0.717, 1.165) is 25.7 Å². The minimum Gasteiger partial charge on any atom is -0.462 e. The average molecular weight is 462 g/mol. The number of ether oxygens (including phenoxy) is 3. The third kappa shape index (κ3) is 2.86. The second-order valence-corrected chi connectivity index (χ2v) is 9.14. The molecule has 4 aliphatic rings. The quantitative estimate of drug-likeness (QED) is 0.270. The number of fused-ring (bicyclic) bond motifs is 1. The van der Waals surface area contributed by atoms with Gasteiger partial charge in [0.05, 0.1) is 11.8 Å². The van der Waals surface area contributed by atoms with Gasteiger partial charge in [0.15, 0.2) is 0 Å². The fraction of sp³-hybridized carbons (Fsp3) is 0.833. The third-order valence-corrected chi connectivity index (χ3v) is 7.66. The number of hydrogen-bond donors (Lipinski definition) is 0. The molecule has 1 aliphatic heterocycles. The Hall–Kier alpha value is -0.860. The first-order chi connectivity index (χ1) is 12.0. The van der Waals surface area contributed by atoms with Crippen LogP contribution in [0.25, 0.3) is 0 Å². The molecule has 7 atom stereocenters. The highest BCUT2D eigenvalue weighted by molar-refractivity contribution is 14.1. The number of carbonyl (C=O) groups excluding carboxylic acids is 3. The molecule has 25 heavy (non-hydrogen) atoms. The van der Waals surface area contributed by atoms with Crippen LogP contribution in [0, 0.1) is 23.7 Å². The lowest BCUT2D eigenvalue weighted by Crippen LogP contribution is -2.45. The van der Waals surface area contributed by atoms with Crippen molar-refractivity contribution in [3.63, 3.8) is 0 Å². The molecule has 0 amide bonds. The maximum absolute atomic E-state index is 12.8. The Morgan fingerprint density at radius 1 is 1.24 bits per heavy atom. The lowest BCUT2D eigenvalue weighted by Gasteiger charge is -2.31. The van der Waals surface area contributed by atoms with Crippen molar-refractivity contribution < 1.29 is 28.6 Å². The molecular weight excluding hydrogens is 439 g/mol. The Balaban J connectivity index is 1.51. The topological polar surface area (TPSA) is 78.9 Å². The molecule has 138 valence electrons. The Labute approximate surface area is 160 Å². The summed E-state index contributed by atoms with van der Waals surface area (Å²) in [7, 11) is 0. The van der Waals surface area contributed by atoms with Crippen molar-refractivity contribution in [3.8, 4) is 0 Å². The second-order valence-electron chi connectivity index (χ2n) is 7.64. The molecule has 7 heteroatoms. The first-order valence-electron chi connectivity index (χ1n) is 9.26. The van der Waals surface area contributed by atoms with E-state index in [9.17, 15) is 14.4 Å². The molecule has 0 aromatic rings. The average Bonchev–Trinajstić information content (AvgIpc) is 3.32. The van der Waals surface area contributed by atoms with E-state index >= 15 is 0 Å². The summed E-state index contributed by atoms with van der Waals surface area (Å²) in [4.78, 5) is 37.3. The molecule has 0 aromatic carbocycles. The van der Waals surface area contributed by atoms with Crippen LogP contribution in [-0.2, 0) is 28.6 Å². The number of alkyl halides is 1. The van der Waals surface area contributed by atoms with Gasteiger partial charge in [-0.05, 0) is 38.5 Å². The van der Waals surface area contributed by atoms with Crippen molar-refractivity contribution in [1.29, 1.82) is 0 Å². The van der Waals surface area contributed by atoms with Crippen LogP contribution < -0.4 is 0 Å². The fourth-order valence-corrected chi connectivity index (χ4v) is 5.24. The fourth-order valence-electron chi connectivity index (χ4n) is 5.09. The van der Waals surface area contributed by atoms with Crippen molar-refractivity contribution in [2.75, 3.05) is 0 Å². The Morgan fingerprint density at radius 3 is 2.64 bits per heavy atom. The highest BCUT2D eigenvalue weighted by atomic mass is 127. The van der Waals surface area contributed by atoms with Gasteiger partial charge in [-0.1, -0.05) is 29.5 Å². The number of halogens is 1. The van der Waals surface area contributed by atoms with Crippen LogP contribution in [0.2, 0.25) is 0 Å². The van der Waals surface area contributed by atoms with Crippen LogP contribution >= 0.6 is 22.6 Å². The molecule has 0 N–H and O–H groups in total. The first kappa shape index (κ1) is 17.5. The molecule has 3 saturated carbocycles. The molecule has 1 saturated heterocycles. The van der Waals surface area contributed by atoms with Crippen molar-refractivity contribution >= 4 is 40.5 Å². The second kappa shape index (κ2) is 6.70. The normalized spacial score (nSPS) is 40.2. The van der Waals surface area contributed by atoms with Crippen LogP contribution in [0.5, 0.6) is 0 Å². The minimum absolute atomic E-state index is 0.0225. The van der Waals surface area contributed by atoms with E-state index in [2.05, 4.69) is 22.6 Å². The minimum atomic E-state index is -0.524. The Morgan fingerprint density at radius 2 is 1.96 bits per heavy atom. The van der Waals surface area contributed by atoms with Gasteiger partial charge < -0.3 is 14.2 Å². The molecule has 0 spiro atoms. The predicted molar refractivity (Wildman–Crippen MR) is 94.8 cm³/mol. The van der Waals surface area contributed by atoms with Crippen LogP contribution in [-0.4, -0.2) is 40.1 Å². The van der Waals surface area contributed by atoms with Crippen LogP contribution in [0.3, 0.4) is 0 Å². The zero-order chi connectivity index (χ0) is 17.7. The lowest BCUT2D eigenvalue weighted by atomic mass is 9.78. The summed E-state index contributed by atoms with van der Waals surface area (Å²) in [6, 6.07) is 0. The van der Waals surface area contributed by atoms with Gasteiger partial charge in [-0.15, -0.1) is 0 Å². The van der Waals surface area contributed by atoms with Crippen LogP contribution in [0.1, 0.15) is 45.4 Å². The Bertz CT molecular complexity index is 586. The third-order valence-electron chi connectivity index (χ3n) is 6.27. The molecule has 3 aliphatic carbocycles. The highest BCUT2D eigenvalue weighted by Gasteiger charge is 2.70. The molecular formula is C18H23IO6. The monoisotopic (exact) mass is 462 g/mol. The van der Waals surface area contributed by atoms with E-state index in [1.165, 1.54) is 0 Å². The SMILES string of the molecule is CCC(I)C(=O)OC1C2CC3C1OC(=O)C3C2C(=O)OC1CCCC1. The molecule has 1 heterocycles. The van der Waals surface area contributed by atoms with Crippen LogP contribution in [0.4, 0.5) is 0 Å². The number of esters is 3. The van der Waals surface area contributed by atoms with Gasteiger partial charge >= 0.3 is 17.9 Å². The molecule has 0 radical (unpaired) electrons. The van der Waals surface area contributed by atoms with Gasteiger partial charge in [-0.2, -0.15) is 0 Å². The lowest BCUT2D eigenvalue weighted by molar-refractivity contribution is -0.167. The maximum atomic E-state index is 12.8. The van der Waals surface area contributed by atoms with E-state index in [1.54, 1.807) is 0 Å². The number of carbonyl (C=O) groups is 3. The van der Waals surface area contributed by atoms with E-state index in [1.807, 2.05) is 6.92 Å². The number of rotatable bonds is 5. The highest BCUT2D eigenvalue weighted by Crippen LogP contribution is 2.59. The van der Waals surface area contributed by atoms with E-state index in [-0.39, 0.29) is 45.9 Å². The van der Waals surface area contributed by atoms with E-state index < -0.39 is 17.9 Å². The summed E-state index contributed by atoms with van der Waals surface area (Å²) >= 11 is 2.06. The van der Waals surface area contributed by atoms with Gasteiger partial charge in [0.1, 0.15) is 22.2 Å². The van der Waals surface area contributed by atoms with Gasteiger partial charge in [-0.3, -0.25) is 14.4 Å².